The Morgan fingerprint density at radius 1 is 1.44 bits per heavy atom. The number of rotatable bonds is 7. The predicted octanol–water partition coefficient (Wildman–Crippen LogP) is 2.96. The topological polar surface area (TPSA) is 24.9 Å². The number of aromatic nitrogens is 1. The van der Waals surface area contributed by atoms with Crippen LogP contribution in [0.2, 0.25) is 0 Å². The van der Waals surface area contributed by atoms with Gasteiger partial charge in [0.1, 0.15) is 0 Å². The Bertz CT molecular complexity index is 306. The van der Waals surface area contributed by atoms with Crippen molar-refractivity contribution in [2.45, 2.75) is 39.2 Å². The summed E-state index contributed by atoms with van der Waals surface area (Å²) in [6.07, 6.45) is 7.06. The van der Waals surface area contributed by atoms with E-state index < -0.39 is 0 Å². The van der Waals surface area contributed by atoms with Crippen LogP contribution in [0.15, 0.2) is 36.7 Å². The van der Waals surface area contributed by atoms with Crippen LogP contribution in [0.3, 0.4) is 0 Å². The van der Waals surface area contributed by atoms with E-state index in [1.165, 1.54) is 17.6 Å². The number of pyridine rings is 1. The van der Waals surface area contributed by atoms with Gasteiger partial charge in [0.2, 0.25) is 0 Å². The second kappa shape index (κ2) is 7.18. The Kier molecular flexibility index (Phi) is 5.79. The molecule has 0 fully saturated rings. The van der Waals surface area contributed by atoms with Crippen molar-refractivity contribution in [2.24, 2.45) is 0 Å². The first kappa shape index (κ1) is 12.9. The third-order valence-corrected chi connectivity index (χ3v) is 2.71. The highest BCUT2D eigenvalue weighted by atomic mass is 14.9. The Balaban J connectivity index is 2.41. The molecule has 1 atom stereocenters. The summed E-state index contributed by atoms with van der Waals surface area (Å²) in [7, 11) is 0. The van der Waals surface area contributed by atoms with Crippen LogP contribution >= 0.6 is 0 Å². The molecule has 1 N–H and O–H groups in total. The standard InChI is InChI=1S/C14H22N2/c1-4-9-16-14(12(2)3)6-5-13-7-10-15-11-8-13/h7-8,10-11,14,16H,2,4-6,9H2,1,3H3. The van der Waals surface area contributed by atoms with E-state index in [4.69, 9.17) is 0 Å². The fourth-order valence-corrected chi connectivity index (χ4v) is 1.70. The van der Waals surface area contributed by atoms with Crippen molar-refractivity contribution in [2.75, 3.05) is 6.54 Å². The van der Waals surface area contributed by atoms with Gasteiger partial charge in [0.05, 0.1) is 0 Å². The summed E-state index contributed by atoms with van der Waals surface area (Å²) in [5.74, 6) is 0. The average molecular weight is 218 g/mol. The SMILES string of the molecule is C=C(C)C(CCc1ccncc1)NCCC. The Hall–Kier alpha value is -1.15. The second-order valence-electron chi connectivity index (χ2n) is 4.25. The smallest absolute Gasteiger partial charge is 0.0277 e. The summed E-state index contributed by atoms with van der Waals surface area (Å²) in [4.78, 5) is 4.02. The van der Waals surface area contributed by atoms with Crippen LogP contribution < -0.4 is 5.32 Å². The van der Waals surface area contributed by atoms with Crippen molar-refractivity contribution in [3.8, 4) is 0 Å². The van der Waals surface area contributed by atoms with E-state index in [1.54, 1.807) is 0 Å². The van der Waals surface area contributed by atoms with Crippen molar-refractivity contribution in [3.05, 3.63) is 42.2 Å². The molecule has 0 saturated carbocycles. The summed E-state index contributed by atoms with van der Waals surface area (Å²) in [5.41, 5.74) is 2.57. The lowest BCUT2D eigenvalue weighted by Crippen LogP contribution is -2.31. The highest BCUT2D eigenvalue weighted by Gasteiger charge is 2.07. The maximum Gasteiger partial charge on any atom is 0.0277 e. The molecule has 0 saturated heterocycles. The molecule has 1 aromatic rings. The zero-order valence-corrected chi connectivity index (χ0v) is 10.4. The van der Waals surface area contributed by atoms with Crippen LogP contribution in [0.25, 0.3) is 0 Å². The average Bonchev–Trinajstić information content (AvgIpc) is 2.30. The first-order valence-corrected chi connectivity index (χ1v) is 6.01. The molecule has 0 aromatic carbocycles. The first-order chi connectivity index (χ1) is 7.74. The molecule has 0 amide bonds. The minimum atomic E-state index is 0.438. The van der Waals surface area contributed by atoms with Crippen molar-refractivity contribution in [1.29, 1.82) is 0 Å². The van der Waals surface area contributed by atoms with E-state index in [2.05, 4.69) is 42.9 Å². The summed E-state index contributed by atoms with van der Waals surface area (Å²) < 4.78 is 0. The molecule has 88 valence electrons. The van der Waals surface area contributed by atoms with Gasteiger partial charge in [-0.1, -0.05) is 19.1 Å². The molecule has 1 heterocycles. The van der Waals surface area contributed by atoms with Crippen LogP contribution in [0.4, 0.5) is 0 Å². The van der Waals surface area contributed by atoms with Crippen LogP contribution in [0.5, 0.6) is 0 Å². The van der Waals surface area contributed by atoms with E-state index >= 15 is 0 Å². The quantitative estimate of drug-likeness (QED) is 0.712. The fourth-order valence-electron chi connectivity index (χ4n) is 1.70. The minimum Gasteiger partial charge on any atom is -0.310 e. The van der Waals surface area contributed by atoms with Crippen LogP contribution in [-0.4, -0.2) is 17.6 Å². The second-order valence-corrected chi connectivity index (χ2v) is 4.25. The molecule has 0 bridgehead atoms. The van der Waals surface area contributed by atoms with Crippen LogP contribution in [0.1, 0.15) is 32.3 Å². The van der Waals surface area contributed by atoms with E-state index in [0.29, 0.717) is 6.04 Å². The lowest BCUT2D eigenvalue weighted by molar-refractivity contribution is 0.533. The van der Waals surface area contributed by atoms with Gasteiger partial charge in [-0.3, -0.25) is 4.98 Å². The third kappa shape index (κ3) is 4.58. The maximum absolute atomic E-state index is 4.05. The molecule has 1 rings (SSSR count). The van der Waals surface area contributed by atoms with Crippen molar-refractivity contribution >= 4 is 0 Å². The van der Waals surface area contributed by atoms with Gasteiger partial charge < -0.3 is 5.32 Å². The molecule has 1 aromatic heterocycles. The molecule has 0 aliphatic carbocycles. The molecular weight excluding hydrogens is 196 g/mol. The van der Waals surface area contributed by atoms with Crippen LogP contribution in [0, 0.1) is 0 Å². The number of aryl methyl sites for hydroxylation is 1. The Morgan fingerprint density at radius 2 is 2.12 bits per heavy atom. The van der Waals surface area contributed by atoms with E-state index in [9.17, 15) is 0 Å². The molecule has 0 spiro atoms. The summed E-state index contributed by atoms with van der Waals surface area (Å²) >= 11 is 0. The number of hydrogen-bond donors (Lipinski definition) is 1. The highest BCUT2D eigenvalue weighted by molar-refractivity contribution is 5.11. The maximum atomic E-state index is 4.05. The van der Waals surface area contributed by atoms with Crippen molar-refractivity contribution in [3.63, 3.8) is 0 Å². The van der Waals surface area contributed by atoms with Crippen LogP contribution in [-0.2, 0) is 6.42 Å². The molecule has 1 unspecified atom stereocenters. The highest BCUT2D eigenvalue weighted by Crippen LogP contribution is 2.09. The summed E-state index contributed by atoms with van der Waals surface area (Å²) in [5, 5.41) is 3.52. The van der Waals surface area contributed by atoms with E-state index in [0.717, 1.165) is 19.4 Å². The number of hydrogen-bond acceptors (Lipinski definition) is 2. The van der Waals surface area contributed by atoms with E-state index in [-0.39, 0.29) is 0 Å². The first-order valence-electron chi connectivity index (χ1n) is 6.01. The molecule has 16 heavy (non-hydrogen) atoms. The fraction of sp³-hybridized carbons (Fsp3) is 0.500. The van der Waals surface area contributed by atoms with Gasteiger partial charge in [0.15, 0.2) is 0 Å². The minimum absolute atomic E-state index is 0.438. The van der Waals surface area contributed by atoms with Gasteiger partial charge >= 0.3 is 0 Å². The summed E-state index contributed by atoms with van der Waals surface area (Å²) in [6.45, 7) is 9.39. The molecule has 2 heteroatoms. The van der Waals surface area contributed by atoms with Gasteiger partial charge in [-0.2, -0.15) is 0 Å². The monoisotopic (exact) mass is 218 g/mol. The van der Waals surface area contributed by atoms with Gasteiger partial charge in [0, 0.05) is 18.4 Å². The molecular formula is C14H22N2. The third-order valence-electron chi connectivity index (χ3n) is 2.71. The zero-order valence-electron chi connectivity index (χ0n) is 10.4. The Labute approximate surface area is 98.8 Å². The Morgan fingerprint density at radius 3 is 2.69 bits per heavy atom. The van der Waals surface area contributed by atoms with Gasteiger partial charge in [-0.05, 0) is 50.4 Å². The molecule has 0 radical (unpaired) electrons. The van der Waals surface area contributed by atoms with E-state index in [1.807, 2.05) is 12.4 Å². The normalized spacial score (nSPS) is 12.4. The van der Waals surface area contributed by atoms with Gasteiger partial charge in [-0.15, -0.1) is 0 Å². The lowest BCUT2D eigenvalue weighted by atomic mass is 10.0. The van der Waals surface area contributed by atoms with Crippen molar-refractivity contribution < 1.29 is 0 Å². The van der Waals surface area contributed by atoms with Gasteiger partial charge in [0.25, 0.3) is 0 Å². The zero-order chi connectivity index (χ0) is 11.8. The van der Waals surface area contributed by atoms with Gasteiger partial charge in [-0.25, -0.2) is 0 Å². The summed E-state index contributed by atoms with van der Waals surface area (Å²) in [6, 6.07) is 4.60. The lowest BCUT2D eigenvalue weighted by Gasteiger charge is -2.18. The molecule has 2 nitrogen and oxygen atoms in total. The number of nitrogens with one attached hydrogen (secondary N) is 1. The van der Waals surface area contributed by atoms with Crippen molar-refractivity contribution in [1.82, 2.24) is 10.3 Å². The molecule has 0 aliphatic rings. The predicted molar refractivity (Wildman–Crippen MR) is 69.5 cm³/mol. The largest absolute Gasteiger partial charge is 0.310 e. The number of nitrogens with zero attached hydrogens (tertiary/aromatic N) is 1. The molecule has 0 aliphatic heterocycles.